The zero-order valence-electron chi connectivity index (χ0n) is 16.1. The van der Waals surface area contributed by atoms with Gasteiger partial charge in [0.05, 0.1) is 5.92 Å². The molecule has 0 spiro atoms. The van der Waals surface area contributed by atoms with Crippen molar-refractivity contribution in [2.45, 2.75) is 25.3 Å². The largest absolute Gasteiger partial charge is 0.481 e. The zero-order chi connectivity index (χ0) is 21.9. The minimum Gasteiger partial charge on any atom is -0.481 e. The Morgan fingerprint density at radius 1 is 1.03 bits per heavy atom. The second kappa shape index (κ2) is 11.7. The molecule has 1 amide bonds. The Morgan fingerprint density at radius 3 is 2.37 bits per heavy atom. The van der Waals surface area contributed by atoms with Crippen molar-refractivity contribution in [1.82, 2.24) is 10.3 Å². The number of carboxylic acid groups (broad SMARTS) is 2. The van der Waals surface area contributed by atoms with Crippen LogP contribution in [0.1, 0.15) is 28.8 Å². The summed E-state index contributed by atoms with van der Waals surface area (Å²) in [5, 5.41) is 20.3. The quantitative estimate of drug-likeness (QED) is 0.494. The number of hydrogen-bond acceptors (Lipinski definition) is 6. The maximum absolute atomic E-state index is 12.8. The van der Waals surface area contributed by atoms with Crippen LogP contribution in [0.3, 0.4) is 0 Å². The van der Waals surface area contributed by atoms with Crippen LogP contribution in [0.15, 0.2) is 54.9 Å². The first kappa shape index (κ1) is 23.1. The number of carbonyl (C=O) groups excluding carboxylic acids is 2. The van der Waals surface area contributed by atoms with E-state index in [-0.39, 0.29) is 23.7 Å². The number of benzene rings is 1. The van der Waals surface area contributed by atoms with Gasteiger partial charge in [-0.3, -0.25) is 19.4 Å². The smallest absolute Gasteiger partial charge is 0.326 e. The van der Waals surface area contributed by atoms with E-state index in [0.717, 1.165) is 17.3 Å². The number of aromatic nitrogens is 1. The van der Waals surface area contributed by atoms with Crippen molar-refractivity contribution in [3.05, 3.63) is 66.0 Å². The Morgan fingerprint density at radius 2 is 1.77 bits per heavy atom. The monoisotopic (exact) mass is 430 g/mol. The van der Waals surface area contributed by atoms with Crippen molar-refractivity contribution >= 4 is 34.7 Å². The molecule has 1 heterocycles. The summed E-state index contributed by atoms with van der Waals surface area (Å²) in [6.07, 6.45) is 2.69. The van der Waals surface area contributed by atoms with E-state index in [1.165, 1.54) is 6.20 Å². The molecule has 0 saturated heterocycles. The van der Waals surface area contributed by atoms with Crippen LogP contribution in [-0.2, 0) is 20.8 Å². The van der Waals surface area contributed by atoms with E-state index in [1.807, 2.05) is 30.3 Å². The second-order valence-corrected chi connectivity index (χ2v) is 7.55. The number of thioether (sulfide) groups is 1. The topological polar surface area (TPSA) is 134 Å². The molecule has 1 aromatic carbocycles. The predicted molar refractivity (Wildman–Crippen MR) is 111 cm³/mol. The molecule has 0 saturated carbocycles. The van der Waals surface area contributed by atoms with Crippen LogP contribution in [0, 0.1) is 5.92 Å². The number of nitrogens with zero attached hydrogens (tertiary/aromatic N) is 1. The van der Waals surface area contributed by atoms with Crippen molar-refractivity contribution in [3.63, 3.8) is 0 Å². The van der Waals surface area contributed by atoms with Crippen molar-refractivity contribution < 1.29 is 29.4 Å². The van der Waals surface area contributed by atoms with Crippen LogP contribution in [0.2, 0.25) is 0 Å². The second-order valence-electron chi connectivity index (χ2n) is 6.56. The van der Waals surface area contributed by atoms with Gasteiger partial charge in [-0.15, -0.1) is 0 Å². The van der Waals surface area contributed by atoms with Gasteiger partial charge >= 0.3 is 11.9 Å². The highest BCUT2D eigenvalue weighted by Crippen LogP contribution is 2.19. The summed E-state index contributed by atoms with van der Waals surface area (Å²) in [5.41, 5.74) is 1.27. The van der Waals surface area contributed by atoms with Crippen LogP contribution >= 0.6 is 11.8 Å². The van der Waals surface area contributed by atoms with Crippen molar-refractivity contribution in [1.29, 1.82) is 0 Å². The van der Waals surface area contributed by atoms with Gasteiger partial charge in [-0.05, 0) is 30.5 Å². The first-order valence-electron chi connectivity index (χ1n) is 9.23. The SMILES string of the molecule is O=C(O)CC[C@H](NC(=O)[C@@H](CSC(=O)c1cccnc1)Cc1ccccc1)C(=O)O. The maximum atomic E-state index is 12.8. The highest BCUT2D eigenvalue weighted by molar-refractivity contribution is 8.14. The highest BCUT2D eigenvalue weighted by Gasteiger charge is 2.27. The summed E-state index contributed by atoms with van der Waals surface area (Å²) >= 11 is 0.958. The van der Waals surface area contributed by atoms with E-state index in [1.54, 1.807) is 18.3 Å². The number of nitrogens with one attached hydrogen (secondary N) is 1. The molecule has 2 rings (SSSR count). The number of pyridine rings is 1. The normalized spacial score (nSPS) is 12.5. The predicted octanol–water partition coefficient (Wildman–Crippen LogP) is 2.25. The molecule has 158 valence electrons. The minimum absolute atomic E-state index is 0.139. The highest BCUT2D eigenvalue weighted by atomic mass is 32.2. The van der Waals surface area contributed by atoms with Gasteiger partial charge in [0.15, 0.2) is 0 Å². The molecule has 9 heteroatoms. The van der Waals surface area contributed by atoms with Crippen LogP contribution in [0.25, 0.3) is 0 Å². The minimum atomic E-state index is -1.31. The molecule has 0 aliphatic rings. The molecular weight excluding hydrogens is 408 g/mol. The lowest BCUT2D eigenvalue weighted by molar-refractivity contribution is -0.143. The van der Waals surface area contributed by atoms with Gasteiger partial charge in [0, 0.05) is 30.1 Å². The summed E-state index contributed by atoms with van der Waals surface area (Å²) in [4.78, 5) is 51.2. The Labute approximate surface area is 177 Å². The van der Waals surface area contributed by atoms with Gasteiger partial charge in [-0.1, -0.05) is 42.1 Å². The molecule has 0 unspecified atom stereocenters. The van der Waals surface area contributed by atoms with E-state index in [9.17, 15) is 24.3 Å². The van der Waals surface area contributed by atoms with Gasteiger partial charge in [0.2, 0.25) is 11.0 Å². The standard InChI is InChI=1S/C21H22N2O6S/c24-18(25)9-8-17(20(27)28)23-19(26)16(11-14-5-2-1-3-6-14)13-30-21(29)15-7-4-10-22-12-15/h1-7,10,12,16-17H,8-9,11,13H2,(H,23,26)(H,24,25)(H,27,28)/t16-,17+/m1/s1. The molecule has 0 fully saturated rings. The third-order valence-electron chi connectivity index (χ3n) is 4.27. The molecule has 2 atom stereocenters. The van der Waals surface area contributed by atoms with E-state index in [0.29, 0.717) is 12.0 Å². The molecule has 0 aliphatic carbocycles. The maximum Gasteiger partial charge on any atom is 0.326 e. The Balaban J connectivity index is 2.09. The van der Waals surface area contributed by atoms with Gasteiger partial charge in [-0.25, -0.2) is 4.79 Å². The summed E-state index contributed by atoms with van der Waals surface area (Å²) in [7, 11) is 0. The first-order chi connectivity index (χ1) is 14.4. The molecule has 0 radical (unpaired) electrons. The number of amides is 1. The van der Waals surface area contributed by atoms with E-state index in [2.05, 4.69) is 10.3 Å². The van der Waals surface area contributed by atoms with Gasteiger partial charge in [-0.2, -0.15) is 0 Å². The van der Waals surface area contributed by atoms with Crippen LogP contribution < -0.4 is 5.32 Å². The van der Waals surface area contributed by atoms with Crippen molar-refractivity contribution in [3.8, 4) is 0 Å². The fourth-order valence-corrected chi connectivity index (χ4v) is 3.59. The fourth-order valence-electron chi connectivity index (χ4n) is 2.68. The van der Waals surface area contributed by atoms with Crippen LogP contribution in [0.4, 0.5) is 0 Å². The molecule has 30 heavy (non-hydrogen) atoms. The number of carboxylic acids is 2. The average molecular weight is 430 g/mol. The number of rotatable bonds is 11. The number of carbonyl (C=O) groups is 4. The molecule has 3 N–H and O–H groups in total. The van der Waals surface area contributed by atoms with Crippen LogP contribution in [0.5, 0.6) is 0 Å². The summed E-state index contributed by atoms with van der Waals surface area (Å²) in [5.74, 6) is -3.52. The molecule has 0 aliphatic heterocycles. The van der Waals surface area contributed by atoms with E-state index >= 15 is 0 Å². The first-order valence-corrected chi connectivity index (χ1v) is 10.2. The molecule has 2 aromatic rings. The lowest BCUT2D eigenvalue weighted by atomic mass is 9.99. The van der Waals surface area contributed by atoms with Gasteiger partial charge in [0.25, 0.3) is 0 Å². The molecule has 0 bridgehead atoms. The molecule has 8 nitrogen and oxygen atoms in total. The zero-order valence-corrected chi connectivity index (χ0v) is 16.9. The van der Waals surface area contributed by atoms with Gasteiger partial charge < -0.3 is 15.5 Å². The van der Waals surface area contributed by atoms with Crippen molar-refractivity contribution in [2.24, 2.45) is 5.92 Å². The van der Waals surface area contributed by atoms with Crippen molar-refractivity contribution in [2.75, 3.05) is 5.75 Å². The molecule has 1 aromatic heterocycles. The van der Waals surface area contributed by atoms with Gasteiger partial charge in [0.1, 0.15) is 6.04 Å². The summed E-state index contributed by atoms with van der Waals surface area (Å²) < 4.78 is 0. The van der Waals surface area contributed by atoms with E-state index in [4.69, 9.17) is 5.11 Å². The van der Waals surface area contributed by atoms with Crippen LogP contribution in [-0.4, -0.2) is 50.0 Å². The van der Waals surface area contributed by atoms with E-state index < -0.39 is 29.8 Å². The summed E-state index contributed by atoms with van der Waals surface area (Å²) in [6.45, 7) is 0. The third-order valence-corrected chi connectivity index (χ3v) is 5.34. The number of aliphatic carboxylic acids is 2. The lowest BCUT2D eigenvalue weighted by Gasteiger charge is -2.20. The lowest BCUT2D eigenvalue weighted by Crippen LogP contribution is -2.45. The molecular formula is C21H22N2O6S. The third kappa shape index (κ3) is 7.67. The fraction of sp³-hybridized carbons (Fsp3) is 0.286. The Kier molecular flexibility index (Phi) is 9.02. The number of hydrogen-bond donors (Lipinski definition) is 3. The Hall–Kier alpha value is -3.20. The average Bonchev–Trinajstić information content (AvgIpc) is 2.74. The Bertz CT molecular complexity index is 876. The summed E-state index contributed by atoms with van der Waals surface area (Å²) in [6, 6.07) is 11.1.